The van der Waals surface area contributed by atoms with Gasteiger partial charge < -0.3 is 9.80 Å². The minimum Gasteiger partial charge on any atom is -0.346 e. The van der Waals surface area contributed by atoms with Crippen molar-refractivity contribution < 1.29 is 14.0 Å². The first kappa shape index (κ1) is 16.0. The van der Waals surface area contributed by atoms with Crippen molar-refractivity contribution in [2.24, 2.45) is 11.8 Å². The van der Waals surface area contributed by atoms with Gasteiger partial charge in [-0.1, -0.05) is 19.1 Å². The molecule has 1 aromatic carbocycles. The van der Waals surface area contributed by atoms with E-state index in [2.05, 4.69) is 6.92 Å². The van der Waals surface area contributed by atoms with Gasteiger partial charge in [0.15, 0.2) is 0 Å². The molecule has 2 aliphatic heterocycles. The predicted octanol–water partition coefficient (Wildman–Crippen LogP) is 2.60. The third-order valence-corrected chi connectivity index (χ3v) is 5.04. The smallest absolute Gasteiger partial charge is 0.226 e. The molecule has 124 valence electrons. The van der Waals surface area contributed by atoms with E-state index in [-0.39, 0.29) is 36.0 Å². The molecular formula is C18H23FN2O2. The first-order valence-corrected chi connectivity index (χ1v) is 8.25. The van der Waals surface area contributed by atoms with Gasteiger partial charge in [0.25, 0.3) is 0 Å². The molecule has 2 amide bonds. The van der Waals surface area contributed by atoms with Crippen LogP contribution in [0, 0.1) is 17.7 Å². The Morgan fingerprint density at radius 3 is 2.83 bits per heavy atom. The van der Waals surface area contributed by atoms with Gasteiger partial charge in [-0.05, 0) is 36.5 Å². The minimum atomic E-state index is -0.274. The molecule has 23 heavy (non-hydrogen) atoms. The maximum absolute atomic E-state index is 13.5. The van der Waals surface area contributed by atoms with E-state index in [4.69, 9.17) is 0 Å². The quantitative estimate of drug-likeness (QED) is 0.841. The number of rotatable bonds is 2. The lowest BCUT2D eigenvalue weighted by atomic mass is 9.94. The molecule has 3 unspecified atom stereocenters. The molecular weight excluding hydrogens is 295 g/mol. The summed E-state index contributed by atoms with van der Waals surface area (Å²) in [5, 5.41) is 0. The molecule has 3 rings (SSSR count). The summed E-state index contributed by atoms with van der Waals surface area (Å²) in [5.41, 5.74) is 0.849. The lowest BCUT2D eigenvalue weighted by molar-refractivity contribution is -0.145. The van der Waals surface area contributed by atoms with Crippen molar-refractivity contribution in [1.82, 2.24) is 9.80 Å². The second kappa shape index (κ2) is 6.30. The molecule has 1 aromatic rings. The highest BCUT2D eigenvalue weighted by Gasteiger charge is 2.39. The summed E-state index contributed by atoms with van der Waals surface area (Å²) in [6.45, 7) is 3.42. The highest BCUT2D eigenvalue weighted by molar-refractivity contribution is 5.87. The van der Waals surface area contributed by atoms with Crippen LogP contribution in [-0.4, -0.2) is 41.8 Å². The first-order chi connectivity index (χ1) is 11.0. The molecule has 0 spiro atoms. The third kappa shape index (κ3) is 3.23. The second-order valence-corrected chi connectivity index (χ2v) is 6.91. The van der Waals surface area contributed by atoms with Crippen LogP contribution in [0.2, 0.25) is 0 Å². The van der Waals surface area contributed by atoms with E-state index in [1.807, 2.05) is 11.0 Å². The van der Waals surface area contributed by atoms with Crippen LogP contribution in [0.3, 0.4) is 0 Å². The van der Waals surface area contributed by atoms with Crippen LogP contribution in [0.15, 0.2) is 24.3 Å². The summed E-state index contributed by atoms with van der Waals surface area (Å²) in [4.78, 5) is 28.4. The number of benzene rings is 1. The topological polar surface area (TPSA) is 40.6 Å². The Balaban J connectivity index is 1.79. The maximum Gasteiger partial charge on any atom is 0.226 e. The van der Waals surface area contributed by atoms with Gasteiger partial charge in [-0.25, -0.2) is 4.39 Å². The number of hydrogen-bond donors (Lipinski definition) is 0. The standard InChI is InChI=1S/C18H23FN2O2/c1-12-8-16(13-4-3-5-15(19)9-13)21(11-12)18(23)14-6-7-20(2)17(22)10-14/h3-5,9,12,14,16H,6-8,10-11H2,1-2H3. The summed E-state index contributed by atoms with van der Waals surface area (Å²) in [5.74, 6) is -0.0487. The molecule has 2 fully saturated rings. The summed E-state index contributed by atoms with van der Waals surface area (Å²) in [7, 11) is 1.77. The van der Waals surface area contributed by atoms with Gasteiger partial charge in [0.1, 0.15) is 5.82 Å². The largest absolute Gasteiger partial charge is 0.346 e. The average Bonchev–Trinajstić information content (AvgIpc) is 2.91. The molecule has 0 saturated carbocycles. The monoisotopic (exact) mass is 318 g/mol. The van der Waals surface area contributed by atoms with Gasteiger partial charge in [0.2, 0.25) is 11.8 Å². The number of hydrogen-bond acceptors (Lipinski definition) is 2. The van der Waals surface area contributed by atoms with Crippen molar-refractivity contribution in [1.29, 1.82) is 0 Å². The van der Waals surface area contributed by atoms with Crippen LogP contribution >= 0.6 is 0 Å². The summed E-state index contributed by atoms with van der Waals surface area (Å²) < 4.78 is 13.5. The summed E-state index contributed by atoms with van der Waals surface area (Å²) in [6.07, 6.45) is 1.84. The predicted molar refractivity (Wildman–Crippen MR) is 85.0 cm³/mol. The van der Waals surface area contributed by atoms with Crippen molar-refractivity contribution >= 4 is 11.8 Å². The Bertz CT molecular complexity index is 619. The fourth-order valence-corrected chi connectivity index (χ4v) is 3.71. The number of carbonyl (C=O) groups excluding carboxylic acids is 2. The highest BCUT2D eigenvalue weighted by atomic mass is 19.1. The SMILES string of the molecule is CC1CC(c2cccc(F)c2)N(C(=O)C2CCN(C)C(=O)C2)C1. The van der Waals surface area contributed by atoms with Crippen LogP contribution in [0.4, 0.5) is 4.39 Å². The van der Waals surface area contributed by atoms with Crippen molar-refractivity contribution in [2.45, 2.75) is 32.2 Å². The van der Waals surface area contributed by atoms with Gasteiger partial charge in [-0.2, -0.15) is 0 Å². The molecule has 5 heteroatoms. The number of carbonyl (C=O) groups is 2. The number of likely N-dealkylation sites (tertiary alicyclic amines) is 2. The molecule has 0 N–H and O–H groups in total. The maximum atomic E-state index is 13.5. The zero-order chi connectivity index (χ0) is 16.6. The van der Waals surface area contributed by atoms with E-state index in [0.717, 1.165) is 12.0 Å². The third-order valence-electron chi connectivity index (χ3n) is 5.04. The van der Waals surface area contributed by atoms with Crippen LogP contribution in [-0.2, 0) is 9.59 Å². The number of halogens is 1. The van der Waals surface area contributed by atoms with Gasteiger partial charge in [0, 0.05) is 32.5 Å². The Kier molecular flexibility index (Phi) is 4.37. The second-order valence-electron chi connectivity index (χ2n) is 6.91. The molecule has 2 heterocycles. The Labute approximate surface area is 136 Å². The van der Waals surface area contributed by atoms with Gasteiger partial charge in [0.05, 0.1) is 6.04 Å². The van der Waals surface area contributed by atoms with Crippen LogP contribution in [0.1, 0.15) is 37.8 Å². The highest BCUT2D eigenvalue weighted by Crippen LogP contribution is 2.37. The van der Waals surface area contributed by atoms with E-state index in [1.165, 1.54) is 12.1 Å². The summed E-state index contributed by atoms with van der Waals surface area (Å²) in [6, 6.07) is 6.43. The molecule has 0 aromatic heterocycles. The van der Waals surface area contributed by atoms with E-state index < -0.39 is 0 Å². The van der Waals surface area contributed by atoms with Crippen LogP contribution in [0.25, 0.3) is 0 Å². The lowest BCUT2D eigenvalue weighted by Gasteiger charge is -2.33. The minimum absolute atomic E-state index is 0.0316. The molecule has 2 aliphatic rings. The molecule has 2 saturated heterocycles. The number of amides is 2. The molecule has 0 radical (unpaired) electrons. The molecule has 0 bridgehead atoms. The lowest BCUT2D eigenvalue weighted by Crippen LogP contribution is -2.43. The van der Waals surface area contributed by atoms with Crippen molar-refractivity contribution in [3.63, 3.8) is 0 Å². The van der Waals surface area contributed by atoms with Crippen molar-refractivity contribution in [3.05, 3.63) is 35.6 Å². The van der Waals surface area contributed by atoms with E-state index in [9.17, 15) is 14.0 Å². The normalized spacial score (nSPS) is 28.3. The Morgan fingerprint density at radius 2 is 2.13 bits per heavy atom. The zero-order valence-corrected chi connectivity index (χ0v) is 13.7. The van der Waals surface area contributed by atoms with E-state index in [1.54, 1.807) is 18.0 Å². The summed E-state index contributed by atoms with van der Waals surface area (Å²) >= 11 is 0. The number of piperidine rings is 1. The Hall–Kier alpha value is -1.91. The fourth-order valence-electron chi connectivity index (χ4n) is 3.71. The van der Waals surface area contributed by atoms with Crippen LogP contribution in [0.5, 0.6) is 0 Å². The van der Waals surface area contributed by atoms with Gasteiger partial charge in [-0.3, -0.25) is 9.59 Å². The molecule has 0 aliphatic carbocycles. The Morgan fingerprint density at radius 1 is 1.35 bits per heavy atom. The van der Waals surface area contributed by atoms with Crippen molar-refractivity contribution in [3.8, 4) is 0 Å². The van der Waals surface area contributed by atoms with E-state index >= 15 is 0 Å². The number of nitrogens with zero attached hydrogens (tertiary/aromatic N) is 2. The molecule has 3 atom stereocenters. The zero-order valence-electron chi connectivity index (χ0n) is 13.7. The van der Waals surface area contributed by atoms with Crippen molar-refractivity contribution in [2.75, 3.05) is 20.1 Å². The van der Waals surface area contributed by atoms with Gasteiger partial charge in [-0.15, -0.1) is 0 Å². The van der Waals surface area contributed by atoms with Gasteiger partial charge >= 0.3 is 0 Å². The fraction of sp³-hybridized carbons (Fsp3) is 0.556. The molecule has 4 nitrogen and oxygen atoms in total. The average molecular weight is 318 g/mol. The first-order valence-electron chi connectivity index (χ1n) is 8.25. The van der Waals surface area contributed by atoms with E-state index in [0.29, 0.717) is 25.4 Å². The van der Waals surface area contributed by atoms with Crippen LogP contribution < -0.4 is 0 Å².